The summed E-state index contributed by atoms with van der Waals surface area (Å²) in [4.78, 5) is 13.2. The van der Waals surface area contributed by atoms with Crippen molar-refractivity contribution in [2.45, 2.75) is 25.3 Å². The number of carbonyl (C=O) groups excluding carboxylic acids is 1. The highest BCUT2D eigenvalue weighted by molar-refractivity contribution is 9.11. The molecule has 0 aliphatic rings. The maximum atomic E-state index is 11.9. The van der Waals surface area contributed by atoms with Gasteiger partial charge in [-0.05, 0) is 52.9 Å². The quantitative estimate of drug-likeness (QED) is 0.790. The number of thiophene rings is 1. The lowest BCUT2D eigenvalue weighted by atomic mass is 10.1. The molecule has 21 heavy (non-hydrogen) atoms. The predicted molar refractivity (Wildman–Crippen MR) is 91.5 cm³/mol. The van der Waals surface area contributed by atoms with Gasteiger partial charge >= 0.3 is 0 Å². The summed E-state index contributed by atoms with van der Waals surface area (Å²) in [5.74, 6) is -0.0680. The van der Waals surface area contributed by atoms with E-state index in [0.717, 1.165) is 16.6 Å². The second-order valence-electron chi connectivity index (χ2n) is 4.88. The van der Waals surface area contributed by atoms with Crippen molar-refractivity contribution in [2.75, 3.05) is 6.54 Å². The Hall–Kier alpha value is -1.17. The molecule has 112 valence electrons. The average molecular weight is 367 g/mol. The van der Waals surface area contributed by atoms with Gasteiger partial charge in [0, 0.05) is 11.4 Å². The molecular weight excluding hydrogens is 348 g/mol. The van der Waals surface area contributed by atoms with E-state index in [0.29, 0.717) is 13.0 Å². The van der Waals surface area contributed by atoms with Gasteiger partial charge in [-0.1, -0.05) is 30.3 Å². The molecule has 1 heterocycles. The number of rotatable bonds is 7. The molecular formula is C16H19BrN2OS. The number of benzene rings is 1. The van der Waals surface area contributed by atoms with Crippen molar-refractivity contribution < 1.29 is 4.79 Å². The van der Waals surface area contributed by atoms with Gasteiger partial charge in [0.2, 0.25) is 5.91 Å². The number of carbonyl (C=O) groups is 1. The normalized spacial score (nSPS) is 12.1. The average Bonchev–Trinajstić information content (AvgIpc) is 2.91. The minimum Gasteiger partial charge on any atom is -0.354 e. The van der Waals surface area contributed by atoms with Crippen LogP contribution < -0.4 is 11.1 Å². The molecule has 0 aliphatic carbocycles. The lowest BCUT2D eigenvalue weighted by Crippen LogP contribution is -2.41. The van der Waals surface area contributed by atoms with E-state index < -0.39 is 6.04 Å². The molecule has 1 aromatic heterocycles. The van der Waals surface area contributed by atoms with E-state index in [-0.39, 0.29) is 5.91 Å². The number of hydrogen-bond acceptors (Lipinski definition) is 3. The first-order valence-electron chi connectivity index (χ1n) is 6.96. The van der Waals surface area contributed by atoms with Crippen LogP contribution in [0.15, 0.2) is 46.3 Å². The Morgan fingerprint density at radius 1 is 1.19 bits per heavy atom. The van der Waals surface area contributed by atoms with Crippen molar-refractivity contribution in [1.29, 1.82) is 0 Å². The van der Waals surface area contributed by atoms with Crippen molar-refractivity contribution in [3.05, 3.63) is 56.7 Å². The maximum Gasteiger partial charge on any atom is 0.236 e. The third-order valence-corrected chi connectivity index (χ3v) is 4.91. The molecule has 0 saturated carbocycles. The van der Waals surface area contributed by atoms with Crippen LogP contribution in [-0.4, -0.2) is 18.5 Å². The lowest BCUT2D eigenvalue weighted by molar-refractivity contribution is -0.122. The van der Waals surface area contributed by atoms with Gasteiger partial charge in [0.1, 0.15) is 0 Å². The Morgan fingerprint density at radius 2 is 1.95 bits per heavy atom. The summed E-state index contributed by atoms with van der Waals surface area (Å²) in [6.45, 7) is 0.630. The lowest BCUT2D eigenvalue weighted by Gasteiger charge is -2.12. The van der Waals surface area contributed by atoms with Crippen molar-refractivity contribution in [2.24, 2.45) is 5.73 Å². The van der Waals surface area contributed by atoms with E-state index in [1.54, 1.807) is 11.3 Å². The number of halogens is 1. The van der Waals surface area contributed by atoms with E-state index in [1.807, 2.05) is 24.3 Å². The number of amides is 1. The van der Waals surface area contributed by atoms with Gasteiger partial charge in [0.25, 0.3) is 0 Å². The Kier molecular flexibility index (Phi) is 6.42. The van der Waals surface area contributed by atoms with E-state index in [9.17, 15) is 4.79 Å². The molecule has 1 unspecified atom stereocenters. The Labute approximate surface area is 137 Å². The number of aryl methyl sites for hydroxylation is 1. The summed E-state index contributed by atoms with van der Waals surface area (Å²) in [7, 11) is 0. The highest BCUT2D eigenvalue weighted by Gasteiger charge is 2.12. The zero-order valence-electron chi connectivity index (χ0n) is 11.7. The zero-order chi connectivity index (χ0) is 15.1. The standard InChI is InChI=1S/C16H19BrN2OS/c17-15-9-7-13(21-15)10-11-19-16(20)14(18)8-6-12-4-2-1-3-5-12/h1-5,7,9,14H,6,8,10-11,18H2,(H,19,20). The van der Waals surface area contributed by atoms with Crippen LogP contribution in [-0.2, 0) is 17.6 Å². The van der Waals surface area contributed by atoms with Crippen LogP contribution in [0.2, 0.25) is 0 Å². The molecule has 0 aliphatic heterocycles. The SMILES string of the molecule is NC(CCc1ccccc1)C(=O)NCCc1ccc(Br)s1. The van der Waals surface area contributed by atoms with Crippen LogP contribution in [0.1, 0.15) is 16.9 Å². The second kappa shape index (κ2) is 8.32. The number of nitrogens with one attached hydrogen (secondary N) is 1. The minimum absolute atomic E-state index is 0.0680. The van der Waals surface area contributed by atoms with E-state index in [1.165, 1.54) is 10.4 Å². The highest BCUT2D eigenvalue weighted by Crippen LogP contribution is 2.22. The van der Waals surface area contributed by atoms with Gasteiger partial charge in [-0.2, -0.15) is 0 Å². The maximum absolute atomic E-state index is 11.9. The molecule has 0 spiro atoms. The summed E-state index contributed by atoms with van der Waals surface area (Å²) >= 11 is 5.12. The Balaban J connectivity index is 1.67. The first-order valence-corrected chi connectivity index (χ1v) is 8.57. The van der Waals surface area contributed by atoms with Crippen LogP contribution in [0.5, 0.6) is 0 Å². The molecule has 3 N–H and O–H groups in total. The molecule has 1 aromatic carbocycles. The fraction of sp³-hybridized carbons (Fsp3) is 0.312. The summed E-state index contributed by atoms with van der Waals surface area (Å²) in [6, 6.07) is 13.7. The number of hydrogen-bond donors (Lipinski definition) is 2. The summed E-state index contributed by atoms with van der Waals surface area (Å²) < 4.78 is 1.11. The van der Waals surface area contributed by atoms with E-state index in [4.69, 9.17) is 5.73 Å². The van der Waals surface area contributed by atoms with Gasteiger partial charge in [-0.25, -0.2) is 0 Å². The van der Waals surface area contributed by atoms with Gasteiger partial charge in [-0.15, -0.1) is 11.3 Å². The largest absolute Gasteiger partial charge is 0.354 e. The molecule has 0 fully saturated rings. The van der Waals surface area contributed by atoms with Gasteiger partial charge in [0.05, 0.1) is 9.83 Å². The van der Waals surface area contributed by atoms with Crippen molar-refractivity contribution in [1.82, 2.24) is 5.32 Å². The van der Waals surface area contributed by atoms with Gasteiger partial charge in [-0.3, -0.25) is 4.79 Å². The predicted octanol–water partition coefficient (Wildman–Crippen LogP) is 3.13. The molecule has 0 saturated heterocycles. The van der Waals surface area contributed by atoms with Gasteiger partial charge < -0.3 is 11.1 Å². The highest BCUT2D eigenvalue weighted by atomic mass is 79.9. The van der Waals surface area contributed by atoms with Crippen molar-refractivity contribution in [3.63, 3.8) is 0 Å². The molecule has 0 bridgehead atoms. The second-order valence-corrected chi connectivity index (χ2v) is 7.43. The van der Waals surface area contributed by atoms with E-state index >= 15 is 0 Å². The molecule has 5 heteroatoms. The van der Waals surface area contributed by atoms with Crippen LogP contribution in [0.25, 0.3) is 0 Å². The summed E-state index contributed by atoms with van der Waals surface area (Å²) in [5.41, 5.74) is 7.14. The van der Waals surface area contributed by atoms with Crippen LogP contribution in [0.4, 0.5) is 0 Å². The number of nitrogens with two attached hydrogens (primary N) is 1. The Bertz CT molecular complexity index is 571. The monoisotopic (exact) mass is 366 g/mol. The third-order valence-electron chi connectivity index (χ3n) is 3.22. The molecule has 1 atom stereocenters. The van der Waals surface area contributed by atoms with Gasteiger partial charge in [0.15, 0.2) is 0 Å². The molecule has 3 nitrogen and oxygen atoms in total. The molecule has 2 rings (SSSR count). The van der Waals surface area contributed by atoms with Crippen molar-refractivity contribution >= 4 is 33.2 Å². The zero-order valence-corrected chi connectivity index (χ0v) is 14.1. The van der Waals surface area contributed by atoms with Crippen LogP contribution >= 0.6 is 27.3 Å². The minimum atomic E-state index is -0.444. The molecule has 0 radical (unpaired) electrons. The Morgan fingerprint density at radius 3 is 2.62 bits per heavy atom. The van der Waals surface area contributed by atoms with E-state index in [2.05, 4.69) is 39.4 Å². The van der Waals surface area contributed by atoms with Crippen LogP contribution in [0, 0.1) is 0 Å². The fourth-order valence-electron chi connectivity index (χ4n) is 2.02. The molecule has 2 aromatic rings. The van der Waals surface area contributed by atoms with Crippen LogP contribution in [0.3, 0.4) is 0 Å². The summed E-state index contributed by atoms with van der Waals surface area (Å²) in [5, 5.41) is 2.90. The summed E-state index contributed by atoms with van der Waals surface area (Å²) in [6.07, 6.45) is 2.33. The smallest absolute Gasteiger partial charge is 0.236 e. The molecule has 1 amide bonds. The first-order chi connectivity index (χ1) is 10.1. The first kappa shape index (κ1) is 16.2. The topological polar surface area (TPSA) is 55.1 Å². The van der Waals surface area contributed by atoms with Crippen molar-refractivity contribution in [3.8, 4) is 0 Å². The fourth-order valence-corrected chi connectivity index (χ4v) is 3.51. The third kappa shape index (κ3) is 5.61.